The van der Waals surface area contributed by atoms with Crippen molar-refractivity contribution in [1.29, 1.82) is 0 Å². The first-order chi connectivity index (χ1) is 18.6. The average Bonchev–Trinajstić information content (AvgIpc) is 3.52. The molecule has 2 fully saturated rings. The lowest BCUT2D eigenvalue weighted by molar-refractivity contribution is -0.149. The van der Waals surface area contributed by atoms with Crippen LogP contribution >= 0.6 is 11.8 Å². The Kier molecular flexibility index (Phi) is 8.58. The van der Waals surface area contributed by atoms with E-state index in [0.29, 0.717) is 31.0 Å². The van der Waals surface area contributed by atoms with Crippen LogP contribution in [0.4, 0.5) is 5.82 Å². The van der Waals surface area contributed by atoms with Crippen molar-refractivity contribution in [2.24, 2.45) is 5.92 Å². The molecule has 1 unspecified atom stereocenters. The number of hydrogen-bond acceptors (Lipinski definition) is 7. The van der Waals surface area contributed by atoms with E-state index in [9.17, 15) is 9.59 Å². The number of anilines is 1. The summed E-state index contributed by atoms with van der Waals surface area (Å²) in [6, 6.07) is 20.1. The second-order valence-electron chi connectivity index (χ2n) is 9.79. The minimum absolute atomic E-state index is 0.0375. The van der Waals surface area contributed by atoms with Crippen LogP contribution in [0.5, 0.6) is 0 Å². The zero-order chi connectivity index (χ0) is 26.3. The molecule has 0 radical (unpaired) electrons. The molecule has 0 bridgehead atoms. The Labute approximate surface area is 228 Å². The molecule has 7 nitrogen and oxygen atoms in total. The van der Waals surface area contributed by atoms with E-state index < -0.39 is 0 Å². The van der Waals surface area contributed by atoms with Gasteiger partial charge < -0.3 is 14.5 Å². The number of esters is 1. The Morgan fingerprint density at radius 3 is 2.58 bits per heavy atom. The lowest BCUT2D eigenvalue weighted by atomic mass is 9.97. The minimum Gasteiger partial charge on any atom is -0.466 e. The lowest BCUT2D eigenvalue weighted by Crippen LogP contribution is -2.42. The fourth-order valence-corrected chi connectivity index (χ4v) is 5.88. The Morgan fingerprint density at radius 2 is 1.79 bits per heavy atom. The van der Waals surface area contributed by atoms with E-state index in [2.05, 4.69) is 23.1 Å². The number of ether oxygens (including phenoxy) is 1. The summed E-state index contributed by atoms with van der Waals surface area (Å²) >= 11 is 1.59. The fraction of sp³-hybridized carbons (Fsp3) is 0.400. The smallest absolute Gasteiger partial charge is 0.310 e. The van der Waals surface area contributed by atoms with Gasteiger partial charge in [-0.1, -0.05) is 54.2 Å². The first kappa shape index (κ1) is 26.2. The van der Waals surface area contributed by atoms with Crippen LogP contribution in [-0.2, 0) is 15.3 Å². The summed E-state index contributed by atoms with van der Waals surface area (Å²) < 4.78 is 5.19. The molecule has 0 spiro atoms. The van der Waals surface area contributed by atoms with Gasteiger partial charge in [0.05, 0.1) is 18.2 Å². The summed E-state index contributed by atoms with van der Waals surface area (Å²) in [4.78, 5) is 39.4. The average molecular weight is 531 g/mol. The number of aromatic nitrogens is 2. The van der Waals surface area contributed by atoms with Crippen LogP contribution in [0.15, 0.2) is 65.8 Å². The maximum Gasteiger partial charge on any atom is 0.310 e. The number of benzene rings is 2. The van der Waals surface area contributed by atoms with Gasteiger partial charge in [-0.05, 0) is 50.3 Å². The van der Waals surface area contributed by atoms with Gasteiger partial charge in [-0.3, -0.25) is 9.59 Å². The van der Waals surface area contributed by atoms with E-state index in [1.807, 2.05) is 49.4 Å². The second kappa shape index (κ2) is 12.4. The van der Waals surface area contributed by atoms with Crippen molar-refractivity contribution in [3.63, 3.8) is 0 Å². The number of thioether (sulfide) groups is 1. The van der Waals surface area contributed by atoms with Gasteiger partial charge in [0.1, 0.15) is 5.82 Å². The summed E-state index contributed by atoms with van der Waals surface area (Å²) in [6.45, 7) is 5.28. The predicted molar refractivity (Wildman–Crippen MR) is 150 cm³/mol. The summed E-state index contributed by atoms with van der Waals surface area (Å²) in [5, 5.41) is 0.735. The number of hydrogen-bond donors (Lipinski definition) is 0. The molecule has 2 aliphatic heterocycles. The molecule has 8 heteroatoms. The van der Waals surface area contributed by atoms with Gasteiger partial charge in [-0.25, -0.2) is 9.97 Å². The van der Waals surface area contributed by atoms with E-state index in [-0.39, 0.29) is 17.8 Å². The molecular weight excluding hydrogens is 496 g/mol. The number of nitrogens with zero attached hydrogens (tertiary/aromatic N) is 4. The maximum atomic E-state index is 13.3. The van der Waals surface area contributed by atoms with Crippen LogP contribution in [0.3, 0.4) is 0 Å². The summed E-state index contributed by atoms with van der Waals surface area (Å²) in [7, 11) is 0. The molecule has 1 atom stereocenters. The number of carbonyl (C=O) groups excluding carboxylic acids is 2. The Balaban J connectivity index is 1.30. The van der Waals surface area contributed by atoms with Gasteiger partial charge in [0, 0.05) is 49.1 Å². The molecule has 3 aromatic rings. The summed E-state index contributed by atoms with van der Waals surface area (Å²) in [5.41, 5.74) is 3.68. The number of piperidine rings is 1. The molecule has 38 heavy (non-hydrogen) atoms. The second-order valence-corrected chi connectivity index (χ2v) is 10.7. The Morgan fingerprint density at radius 1 is 0.974 bits per heavy atom. The van der Waals surface area contributed by atoms with Crippen molar-refractivity contribution in [3.05, 3.63) is 71.8 Å². The van der Waals surface area contributed by atoms with E-state index in [4.69, 9.17) is 14.7 Å². The van der Waals surface area contributed by atoms with Crippen LogP contribution in [0.2, 0.25) is 0 Å². The standard InChI is InChI=1S/C30H34N4O3S/c1-2-37-29(36)25-14-9-17-34(20-25)28(35)24-13-8-10-22(18-24)21-38-30-31-26(23-11-4-3-5-12-23)19-27(32-30)33-15-6-7-16-33/h3-5,8,10-13,18-19,25H,2,6-7,9,14-17,20-21H2,1H3. The minimum atomic E-state index is -0.245. The number of rotatable bonds is 8. The van der Waals surface area contributed by atoms with Crippen LogP contribution in [-0.4, -0.2) is 59.5 Å². The number of likely N-dealkylation sites (tertiary alicyclic amines) is 1. The zero-order valence-corrected chi connectivity index (χ0v) is 22.7. The first-order valence-corrected chi connectivity index (χ1v) is 14.5. The van der Waals surface area contributed by atoms with Gasteiger partial charge in [0.25, 0.3) is 5.91 Å². The van der Waals surface area contributed by atoms with Crippen molar-refractivity contribution in [1.82, 2.24) is 14.9 Å². The highest BCUT2D eigenvalue weighted by Crippen LogP contribution is 2.29. The van der Waals surface area contributed by atoms with Crippen molar-refractivity contribution in [2.75, 3.05) is 37.7 Å². The van der Waals surface area contributed by atoms with Crippen molar-refractivity contribution in [2.45, 2.75) is 43.5 Å². The first-order valence-electron chi connectivity index (χ1n) is 13.5. The molecular formula is C30H34N4O3S. The Hall–Kier alpha value is -3.39. The van der Waals surface area contributed by atoms with Crippen molar-refractivity contribution >= 4 is 29.5 Å². The predicted octanol–water partition coefficient (Wildman–Crippen LogP) is 5.45. The van der Waals surface area contributed by atoms with Crippen molar-refractivity contribution < 1.29 is 14.3 Å². The third-order valence-electron chi connectivity index (χ3n) is 7.06. The largest absolute Gasteiger partial charge is 0.466 e. The van der Waals surface area contributed by atoms with E-state index in [1.54, 1.807) is 16.7 Å². The monoisotopic (exact) mass is 530 g/mol. The summed E-state index contributed by atoms with van der Waals surface area (Å²) in [6.07, 6.45) is 3.94. The number of amides is 1. The zero-order valence-electron chi connectivity index (χ0n) is 21.8. The fourth-order valence-electron chi connectivity index (χ4n) is 5.08. The third-order valence-corrected chi connectivity index (χ3v) is 7.98. The highest BCUT2D eigenvalue weighted by atomic mass is 32.2. The molecule has 1 amide bonds. The molecule has 3 heterocycles. The van der Waals surface area contributed by atoms with Crippen LogP contribution in [0.1, 0.15) is 48.5 Å². The topological polar surface area (TPSA) is 75.6 Å². The molecule has 1 aromatic heterocycles. The molecule has 2 saturated heterocycles. The van der Waals surface area contributed by atoms with Gasteiger partial charge in [0.15, 0.2) is 5.16 Å². The van der Waals surface area contributed by atoms with Gasteiger partial charge >= 0.3 is 5.97 Å². The van der Waals surface area contributed by atoms with Crippen molar-refractivity contribution in [3.8, 4) is 11.3 Å². The van der Waals surface area contributed by atoms with Gasteiger partial charge in [0.2, 0.25) is 0 Å². The van der Waals surface area contributed by atoms with E-state index in [1.165, 1.54) is 12.8 Å². The van der Waals surface area contributed by atoms with Crippen LogP contribution in [0.25, 0.3) is 11.3 Å². The van der Waals surface area contributed by atoms with Gasteiger partial charge in [-0.2, -0.15) is 0 Å². The maximum absolute atomic E-state index is 13.3. The molecule has 0 saturated carbocycles. The van der Waals surface area contributed by atoms with Crippen LogP contribution < -0.4 is 4.90 Å². The molecule has 0 N–H and O–H groups in total. The van der Waals surface area contributed by atoms with Gasteiger partial charge in [-0.15, -0.1) is 0 Å². The molecule has 5 rings (SSSR count). The molecule has 2 aromatic carbocycles. The molecule has 198 valence electrons. The lowest BCUT2D eigenvalue weighted by Gasteiger charge is -2.31. The SMILES string of the molecule is CCOC(=O)C1CCCN(C(=O)c2cccc(CSc3nc(-c4ccccc4)cc(N4CCCC4)n3)c2)C1. The summed E-state index contributed by atoms with van der Waals surface area (Å²) in [5.74, 6) is 1.14. The molecule has 0 aliphatic carbocycles. The highest BCUT2D eigenvalue weighted by Gasteiger charge is 2.30. The quantitative estimate of drug-likeness (QED) is 0.218. The highest BCUT2D eigenvalue weighted by molar-refractivity contribution is 7.98. The van der Waals surface area contributed by atoms with E-state index >= 15 is 0 Å². The van der Waals surface area contributed by atoms with Crippen LogP contribution in [0, 0.1) is 5.92 Å². The van der Waals surface area contributed by atoms with E-state index in [0.717, 1.165) is 53.7 Å². The number of carbonyl (C=O) groups is 2. The third kappa shape index (κ3) is 6.35. The molecule has 2 aliphatic rings. The Bertz CT molecular complexity index is 1260. The normalized spacial score (nSPS) is 17.4.